The van der Waals surface area contributed by atoms with Gasteiger partial charge < -0.3 is 96.7 Å². The zero-order valence-electron chi connectivity index (χ0n) is 43.1. The van der Waals surface area contributed by atoms with Crippen LogP contribution in [-0.4, -0.2) is 192 Å². The molecule has 0 spiro atoms. The number of hydrogen-bond donors (Lipinski definition) is 18. The van der Waals surface area contributed by atoms with Crippen molar-refractivity contribution < 1.29 is 68.1 Å². The fraction of sp³-hybridized carbons (Fsp3) is 0.756. The second-order valence-electron chi connectivity index (χ2n) is 18.1. The number of aliphatic hydroxyl groups excluding tert-OH is 3. The number of nitrogens with one attached hydrogen (secondary N) is 11. The van der Waals surface area contributed by atoms with Crippen molar-refractivity contribution in [3.05, 3.63) is 0 Å². The second-order valence-corrected chi connectivity index (χ2v) is 18.1. The summed E-state index contributed by atoms with van der Waals surface area (Å²) in [6.45, 7) is 4.96. The van der Waals surface area contributed by atoms with Crippen LogP contribution in [0, 0.1) is 0 Å². The van der Waals surface area contributed by atoms with E-state index in [1.165, 1.54) is 20.8 Å². The first-order valence-corrected chi connectivity index (χ1v) is 25.1. The van der Waals surface area contributed by atoms with Gasteiger partial charge in [-0.3, -0.25) is 52.7 Å². The normalized spacial score (nSPS) is 23.5. The molecule has 29 heteroatoms. The van der Waals surface area contributed by atoms with Crippen LogP contribution in [0.1, 0.15) is 105 Å². The minimum Gasteiger partial charge on any atom is -0.391 e. The van der Waals surface area contributed by atoms with Crippen LogP contribution >= 0.6 is 0 Å². The van der Waals surface area contributed by atoms with E-state index in [2.05, 4.69) is 65.4 Å². The lowest BCUT2D eigenvalue weighted by atomic mass is 10.1. The van der Waals surface area contributed by atoms with E-state index >= 15 is 0 Å². The predicted molar refractivity (Wildman–Crippen MR) is 267 cm³/mol. The Hall–Kier alpha value is -6.11. The van der Waals surface area contributed by atoms with Crippen LogP contribution in [0.15, 0.2) is 0 Å². The largest absolute Gasteiger partial charge is 0.391 e. The Morgan fingerprint density at radius 3 is 1.65 bits per heavy atom. The molecule has 0 aliphatic carbocycles. The molecule has 0 saturated carbocycles. The van der Waals surface area contributed by atoms with Gasteiger partial charge in [0.05, 0.1) is 24.9 Å². The number of unbranched alkanes of at least 4 members (excludes halogenated alkanes) is 4. The van der Waals surface area contributed by atoms with Gasteiger partial charge in [-0.2, -0.15) is 0 Å². The lowest BCUT2D eigenvalue weighted by Gasteiger charge is -2.28. The first-order valence-electron chi connectivity index (χ1n) is 25.1. The van der Waals surface area contributed by atoms with Crippen LogP contribution in [0.5, 0.6) is 0 Å². The molecule has 22 N–H and O–H groups in total. The van der Waals surface area contributed by atoms with Gasteiger partial charge in [-0.05, 0) is 92.4 Å². The highest BCUT2D eigenvalue weighted by atomic mass is 16.3. The molecule has 0 aromatic carbocycles. The second kappa shape index (κ2) is 35.2. The minimum atomic E-state index is -1.70. The highest BCUT2D eigenvalue weighted by molar-refractivity contribution is 5.98. The molecule has 422 valence electrons. The number of nitrogens with two attached hydrogens (primary N) is 4. The third-order valence-corrected chi connectivity index (χ3v) is 11.6. The quantitative estimate of drug-likeness (QED) is 0.0399. The van der Waals surface area contributed by atoms with E-state index < -0.39 is 157 Å². The highest BCUT2D eigenvalue weighted by Crippen LogP contribution is 2.08. The summed E-state index contributed by atoms with van der Waals surface area (Å²) in [5.41, 5.74) is 23.0. The molecule has 74 heavy (non-hydrogen) atoms. The van der Waals surface area contributed by atoms with Crippen molar-refractivity contribution in [1.29, 1.82) is 0 Å². The smallest absolute Gasteiger partial charge is 0.245 e. The fourth-order valence-corrected chi connectivity index (χ4v) is 7.33. The molecule has 0 radical (unpaired) electrons. The Bertz CT molecular complexity index is 1880. The summed E-state index contributed by atoms with van der Waals surface area (Å²) in [5.74, 6) is -10.3. The lowest BCUT2D eigenvalue weighted by molar-refractivity contribution is -0.136. The van der Waals surface area contributed by atoms with E-state index in [1.807, 2.05) is 0 Å². The van der Waals surface area contributed by atoms with Gasteiger partial charge >= 0.3 is 0 Å². The third-order valence-electron chi connectivity index (χ3n) is 11.6. The van der Waals surface area contributed by atoms with Crippen LogP contribution in [0.2, 0.25) is 0 Å². The Balaban J connectivity index is 3.59. The number of amides is 11. The molecular weight excluding hydrogens is 975 g/mol. The molecule has 1 aliphatic heterocycles. The fourth-order valence-electron chi connectivity index (χ4n) is 7.33. The van der Waals surface area contributed by atoms with Crippen molar-refractivity contribution in [2.45, 2.75) is 178 Å². The zero-order chi connectivity index (χ0) is 56.1. The summed E-state index contributed by atoms with van der Waals surface area (Å²) < 4.78 is 0. The van der Waals surface area contributed by atoms with Gasteiger partial charge in [-0.1, -0.05) is 32.6 Å². The molecule has 1 fully saturated rings. The molecule has 0 aromatic heterocycles. The number of carbonyl (C=O) groups excluding carboxylic acids is 11. The summed E-state index contributed by atoms with van der Waals surface area (Å²) in [7, 11) is 0. The average Bonchev–Trinajstić information content (AvgIpc) is 3.33. The van der Waals surface area contributed by atoms with Crippen molar-refractivity contribution in [2.75, 3.05) is 39.3 Å². The zero-order valence-corrected chi connectivity index (χ0v) is 43.1. The van der Waals surface area contributed by atoms with Gasteiger partial charge in [0, 0.05) is 13.0 Å². The maximum Gasteiger partial charge on any atom is 0.245 e. The number of hydrogen-bond acceptors (Lipinski definition) is 18. The molecule has 1 heterocycles. The van der Waals surface area contributed by atoms with Crippen LogP contribution in [0.25, 0.3) is 0 Å². The predicted octanol–water partition coefficient (Wildman–Crippen LogP) is -8.10. The molecule has 1 aliphatic rings. The van der Waals surface area contributed by atoms with E-state index in [0.29, 0.717) is 6.42 Å². The molecule has 0 aromatic rings. The van der Waals surface area contributed by atoms with Gasteiger partial charge in [0.1, 0.15) is 54.4 Å². The molecule has 11 amide bonds. The summed E-state index contributed by atoms with van der Waals surface area (Å²) in [4.78, 5) is 148. The Morgan fingerprint density at radius 1 is 0.581 bits per heavy atom. The summed E-state index contributed by atoms with van der Waals surface area (Å²) in [6.07, 6.45) is -1.39. The van der Waals surface area contributed by atoms with Crippen LogP contribution in [0.3, 0.4) is 0 Å². The molecule has 29 nitrogen and oxygen atoms in total. The maximum absolute atomic E-state index is 14.1. The van der Waals surface area contributed by atoms with E-state index in [-0.39, 0.29) is 58.3 Å². The first-order chi connectivity index (χ1) is 35.0. The molecule has 0 bridgehead atoms. The molecular formula is C45H83N15O14. The molecule has 1 saturated heterocycles. The van der Waals surface area contributed by atoms with Crippen LogP contribution in [0.4, 0.5) is 0 Å². The van der Waals surface area contributed by atoms with Crippen LogP contribution < -0.4 is 81.4 Å². The Kier molecular flexibility index (Phi) is 31.3. The first kappa shape index (κ1) is 65.9. The van der Waals surface area contributed by atoms with E-state index in [0.717, 1.165) is 32.6 Å². The van der Waals surface area contributed by atoms with Gasteiger partial charge in [0.2, 0.25) is 65.0 Å². The Morgan fingerprint density at radius 2 is 1.11 bits per heavy atom. The van der Waals surface area contributed by atoms with Crippen molar-refractivity contribution in [3.8, 4) is 0 Å². The minimum absolute atomic E-state index is 0.155. The van der Waals surface area contributed by atoms with E-state index in [9.17, 15) is 68.1 Å². The topological polar surface area (TPSA) is 485 Å². The van der Waals surface area contributed by atoms with Crippen molar-refractivity contribution in [1.82, 2.24) is 58.5 Å². The monoisotopic (exact) mass is 1060 g/mol. The number of aliphatic hydroxyl groups is 3. The SMILES string of the molecule is CCCCCCCC(=O)N[C@@H](C)C(=O)N[C@H](C(=O)N[C@@H](CCN)C(=O)N[C@H]1CCNC(=O)[C@H]([C@@H](C)O)NC(=O)[C@H](CCN)NC(=O)[C@H](CCN)NC(=O)[C@H]([C@@H](C)O)NC(=O)CNC(=O)[C@H](CCN)NC1=O)[C@@H](C)O. The van der Waals surface area contributed by atoms with Crippen molar-refractivity contribution in [2.24, 2.45) is 22.9 Å². The lowest BCUT2D eigenvalue weighted by Crippen LogP contribution is -2.61. The van der Waals surface area contributed by atoms with E-state index in [1.54, 1.807) is 0 Å². The average molecular weight is 1060 g/mol. The van der Waals surface area contributed by atoms with Crippen LogP contribution in [-0.2, 0) is 52.7 Å². The summed E-state index contributed by atoms with van der Waals surface area (Å²) >= 11 is 0. The van der Waals surface area contributed by atoms with Crippen molar-refractivity contribution >= 4 is 65.0 Å². The van der Waals surface area contributed by atoms with E-state index in [4.69, 9.17) is 22.9 Å². The Labute approximate surface area is 430 Å². The maximum atomic E-state index is 14.1. The number of rotatable bonds is 24. The standard InChI is InChI=1S/C45H83N15O14/c1-6-7-8-9-10-11-32(64)52-23(2)37(66)59-36(26(5)63)45(74)57-29(14-19-48)40(69)55-31-16-21-50-43(72)34(24(3)61)60-42(71)30(15-20-49)54-39(68)28(13-18-47)56-44(73)35(25(4)62)58-33(65)22-51-38(67)27(12-17-46)53-41(31)70/h23-31,34-36,61-63H,6-22,46-49H2,1-5H3,(H,50,72)(H,51,67)(H,52,64)(H,53,70)(H,54,68)(H,55,69)(H,56,73)(H,57,74)(H,58,65)(H,59,66)(H,60,71)/t23-,24+,25+,26+,27-,28-,29-,30-,31-,34-,35-,36-/m0/s1. The number of carbonyl (C=O) groups is 11. The van der Waals surface area contributed by atoms with Gasteiger partial charge in [-0.15, -0.1) is 0 Å². The van der Waals surface area contributed by atoms with Gasteiger partial charge in [0.15, 0.2) is 0 Å². The molecule has 12 atom stereocenters. The van der Waals surface area contributed by atoms with Gasteiger partial charge in [-0.25, -0.2) is 0 Å². The summed E-state index contributed by atoms with van der Waals surface area (Å²) in [5, 5.41) is 58.0. The molecule has 1 rings (SSSR count). The van der Waals surface area contributed by atoms with Crippen molar-refractivity contribution in [3.63, 3.8) is 0 Å². The highest BCUT2D eigenvalue weighted by Gasteiger charge is 2.36. The third kappa shape index (κ3) is 23.8. The summed E-state index contributed by atoms with van der Waals surface area (Å²) in [6, 6.07) is -13.7. The molecule has 0 unspecified atom stereocenters. The van der Waals surface area contributed by atoms with Gasteiger partial charge in [0.25, 0.3) is 0 Å².